The molecule has 0 spiro atoms. The minimum atomic E-state index is 0.688. The summed E-state index contributed by atoms with van der Waals surface area (Å²) >= 11 is 0. The van der Waals surface area contributed by atoms with Gasteiger partial charge in [0.15, 0.2) is 0 Å². The Morgan fingerprint density at radius 2 is 2.00 bits per heavy atom. The Balaban J connectivity index is 1.71. The molecule has 0 aliphatic rings. The van der Waals surface area contributed by atoms with E-state index in [9.17, 15) is 0 Å². The minimum absolute atomic E-state index is 0.688. The average Bonchev–Trinajstić information content (AvgIpc) is 3.18. The van der Waals surface area contributed by atoms with E-state index in [4.69, 9.17) is 4.74 Å². The normalized spacial score (nSPS) is 11.3. The molecule has 116 valence electrons. The Hall–Kier alpha value is -2.79. The van der Waals surface area contributed by atoms with Gasteiger partial charge in [0.1, 0.15) is 5.69 Å². The van der Waals surface area contributed by atoms with Crippen molar-refractivity contribution < 1.29 is 4.74 Å². The quantitative estimate of drug-likeness (QED) is 0.492. The van der Waals surface area contributed by atoms with Gasteiger partial charge in [-0.1, -0.05) is 24.3 Å². The summed E-state index contributed by atoms with van der Waals surface area (Å²) in [6.07, 6.45) is 0. The number of fused-ring (bicyclic) bond motifs is 2. The molecule has 0 unspecified atom stereocenters. The lowest BCUT2D eigenvalue weighted by Gasteiger charge is -2.05. The second-order valence-electron chi connectivity index (χ2n) is 5.52. The molecule has 0 saturated carbocycles. The molecule has 0 aliphatic carbocycles. The number of rotatable bonds is 5. The van der Waals surface area contributed by atoms with E-state index >= 15 is 0 Å². The zero-order valence-electron chi connectivity index (χ0n) is 12.9. The summed E-state index contributed by atoms with van der Waals surface area (Å²) in [5.74, 6) is 0. The van der Waals surface area contributed by atoms with E-state index in [2.05, 4.69) is 50.8 Å². The molecule has 0 fully saturated rings. The second kappa shape index (κ2) is 5.78. The zero-order valence-corrected chi connectivity index (χ0v) is 12.9. The number of ether oxygens (including phenoxy) is 1. The van der Waals surface area contributed by atoms with Crippen LogP contribution in [0.4, 0.5) is 5.69 Å². The highest BCUT2D eigenvalue weighted by molar-refractivity contribution is 5.96. The topological polar surface area (TPSA) is 65.7 Å². The maximum atomic E-state index is 5.06. The van der Waals surface area contributed by atoms with Crippen LogP contribution < -0.4 is 5.32 Å². The SMILES string of the molecule is COCCNc1ccc2cc(-c3n[nH]c4ccccc34)[nH]c2c1. The van der Waals surface area contributed by atoms with Crippen molar-refractivity contribution in [2.45, 2.75) is 0 Å². The minimum Gasteiger partial charge on any atom is -0.383 e. The van der Waals surface area contributed by atoms with Gasteiger partial charge in [0, 0.05) is 35.6 Å². The van der Waals surface area contributed by atoms with Crippen LogP contribution in [0.5, 0.6) is 0 Å². The summed E-state index contributed by atoms with van der Waals surface area (Å²) in [6, 6.07) is 16.6. The first-order valence-corrected chi connectivity index (χ1v) is 7.64. The highest BCUT2D eigenvalue weighted by atomic mass is 16.5. The molecule has 0 radical (unpaired) electrons. The van der Waals surface area contributed by atoms with Crippen molar-refractivity contribution in [1.82, 2.24) is 15.2 Å². The van der Waals surface area contributed by atoms with Crippen molar-refractivity contribution in [3.05, 3.63) is 48.5 Å². The molecular weight excluding hydrogens is 288 g/mol. The van der Waals surface area contributed by atoms with E-state index < -0.39 is 0 Å². The lowest BCUT2D eigenvalue weighted by molar-refractivity contribution is 0.211. The number of benzene rings is 2. The summed E-state index contributed by atoms with van der Waals surface area (Å²) in [7, 11) is 1.70. The fourth-order valence-electron chi connectivity index (χ4n) is 2.83. The molecule has 0 saturated heterocycles. The van der Waals surface area contributed by atoms with Gasteiger partial charge in [0.25, 0.3) is 0 Å². The van der Waals surface area contributed by atoms with Crippen LogP contribution in [-0.4, -0.2) is 35.4 Å². The molecule has 4 aromatic rings. The van der Waals surface area contributed by atoms with Gasteiger partial charge >= 0.3 is 0 Å². The van der Waals surface area contributed by atoms with Crippen LogP contribution >= 0.6 is 0 Å². The predicted molar refractivity (Wildman–Crippen MR) is 93.8 cm³/mol. The highest BCUT2D eigenvalue weighted by Gasteiger charge is 2.10. The van der Waals surface area contributed by atoms with Crippen LogP contribution in [0.25, 0.3) is 33.2 Å². The number of hydrogen-bond acceptors (Lipinski definition) is 3. The maximum absolute atomic E-state index is 5.06. The molecule has 0 atom stereocenters. The van der Waals surface area contributed by atoms with Gasteiger partial charge < -0.3 is 15.0 Å². The summed E-state index contributed by atoms with van der Waals surface area (Å²) in [6.45, 7) is 1.48. The van der Waals surface area contributed by atoms with E-state index in [0.717, 1.165) is 40.0 Å². The summed E-state index contributed by atoms with van der Waals surface area (Å²) in [5, 5.41) is 13.2. The molecule has 4 rings (SSSR count). The molecule has 2 heterocycles. The average molecular weight is 306 g/mol. The molecule has 2 aromatic heterocycles. The Morgan fingerprint density at radius 3 is 2.91 bits per heavy atom. The van der Waals surface area contributed by atoms with Gasteiger partial charge in [-0.15, -0.1) is 0 Å². The van der Waals surface area contributed by atoms with Crippen LogP contribution in [0.15, 0.2) is 48.5 Å². The Labute approximate surface area is 133 Å². The maximum Gasteiger partial charge on any atom is 0.116 e. The molecule has 0 bridgehead atoms. The van der Waals surface area contributed by atoms with E-state index in [1.807, 2.05) is 18.2 Å². The number of H-pyrrole nitrogens is 2. The molecule has 3 N–H and O–H groups in total. The summed E-state index contributed by atoms with van der Waals surface area (Å²) in [5.41, 5.74) is 5.18. The Bertz CT molecular complexity index is 954. The fourth-order valence-corrected chi connectivity index (χ4v) is 2.83. The Kier molecular flexibility index (Phi) is 3.48. The molecule has 2 aromatic carbocycles. The summed E-state index contributed by atoms with van der Waals surface area (Å²) < 4.78 is 5.06. The van der Waals surface area contributed by atoms with E-state index in [0.29, 0.717) is 6.61 Å². The van der Waals surface area contributed by atoms with Crippen molar-refractivity contribution >= 4 is 27.5 Å². The fraction of sp³-hybridized carbons (Fsp3) is 0.167. The van der Waals surface area contributed by atoms with Crippen molar-refractivity contribution in [1.29, 1.82) is 0 Å². The van der Waals surface area contributed by atoms with Crippen LogP contribution in [0.2, 0.25) is 0 Å². The highest BCUT2D eigenvalue weighted by Crippen LogP contribution is 2.29. The molecule has 5 nitrogen and oxygen atoms in total. The van der Waals surface area contributed by atoms with Crippen LogP contribution in [0.1, 0.15) is 0 Å². The largest absolute Gasteiger partial charge is 0.383 e. The number of methoxy groups -OCH3 is 1. The van der Waals surface area contributed by atoms with Gasteiger partial charge in [0.05, 0.1) is 17.8 Å². The molecular formula is C18H18N4O. The zero-order chi connectivity index (χ0) is 15.6. The third kappa shape index (κ3) is 2.55. The number of aromatic nitrogens is 3. The second-order valence-corrected chi connectivity index (χ2v) is 5.52. The first-order chi connectivity index (χ1) is 11.3. The first-order valence-electron chi connectivity index (χ1n) is 7.64. The van der Waals surface area contributed by atoms with E-state index in [-0.39, 0.29) is 0 Å². The molecule has 0 amide bonds. The smallest absolute Gasteiger partial charge is 0.116 e. The third-order valence-electron chi connectivity index (χ3n) is 3.98. The van der Waals surface area contributed by atoms with Crippen LogP contribution in [0.3, 0.4) is 0 Å². The van der Waals surface area contributed by atoms with Gasteiger partial charge in [0.2, 0.25) is 0 Å². The van der Waals surface area contributed by atoms with Crippen LogP contribution in [-0.2, 0) is 4.74 Å². The number of nitrogens with zero attached hydrogens (tertiary/aromatic N) is 1. The van der Waals surface area contributed by atoms with Gasteiger partial charge in [-0.25, -0.2) is 0 Å². The van der Waals surface area contributed by atoms with Gasteiger partial charge in [-0.3, -0.25) is 5.10 Å². The number of nitrogens with one attached hydrogen (secondary N) is 3. The summed E-state index contributed by atoms with van der Waals surface area (Å²) in [4.78, 5) is 3.47. The lowest BCUT2D eigenvalue weighted by Crippen LogP contribution is -2.07. The van der Waals surface area contributed by atoms with Crippen molar-refractivity contribution in [2.75, 3.05) is 25.6 Å². The molecule has 5 heteroatoms. The standard InChI is InChI=1S/C18H18N4O/c1-23-9-8-19-13-7-6-12-10-17(20-16(12)11-13)18-14-4-2-3-5-15(14)21-22-18/h2-7,10-11,19-20H,8-9H2,1H3,(H,21,22). The van der Waals surface area contributed by atoms with Gasteiger partial charge in [-0.05, 0) is 24.3 Å². The first kappa shape index (κ1) is 13.8. The number of para-hydroxylation sites is 1. The lowest BCUT2D eigenvalue weighted by atomic mass is 10.1. The number of hydrogen-bond donors (Lipinski definition) is 3. The molecule has 23 heavy (non-hydrogen) atoms. The van der Waals surface area contributed by atoms with Crippen molar-refractivity contribution in [2.24, 2.45) is 0 Å². The van der Waals surface area contributed by atoms with E-state index in [1.54, 1.807) is 7.11 Å². The van der Waals surface area contributed by atoms with Crippen LogP contribution in [0, 0.1) is 0 Å². The van der Waals surface area contributed by atoms with E-state index in [1.165, 1.54) is 5.39 Å². The number of anilines is 1. The monoisotopic (exact) mass is 306 g/mol. The van der Waals surface area contributed by atoms with Crippen molar-refractivity contribution in [3.8, 4) is 11.4 Å². The Morgan fingerprint density at radius 1 is 1.09 bits per heavy atom. The van der Waals surface area contributed by atoms with Gasteiger partial charge in [-0.2, -0.15) is 5.10 Å². The predicted octanol–water partition coefficient (Wildman–Crippen LogP) is 3.77. The molecule has 0 aliphatic heterocycles. The van der Waals surface area contributed by atoms with Crippen molar-refractivity contribution in [3.63, 3.8) is 0 Å². The third-order valence-corrected chi connectivity index (χ3v) is 3.98. The number of aromatic amines is 2.